The Morgan fingerprint density at radius 2 is 2.18 bits per heavy atom. The first-order chi connectivity index (χ1) is 8.11. The summed E-state index contributed by atoms with van der Waals surface area (Å²) in [5.41, 5.74) is 1.93. The first-order valence-electron chi connectivity index (χ1n) is 6.00. The first-order valence-corrected chi connectivity index (χ1v) is 6.98. The van der Waals surface area contributed by atoms with Gasteiger partial charge in [0, 0.05) is 29.3 Å². The number of hydrogen-bond donors (Lipinski definition) is 0. The number of hydrogen-bond acceptors (Lipinski definition) is 3. The normalized spacial score (nSPS) is 19.5. The highest BCUT2D eigenvalue weighted by Crippen LogP contribution is 2.32. The Balaban J connectivity index is 2.14. The highest BCUT2D eigenvalue weighted by atomic mass is 32.2. The van der Waals surface area contributed by atoms with Gasteiger partial charge < -0.3 is 4.90 Å². The van der Waals surface area contributed by atoms with Crippen LogP contribution in [0.4, 0.5) is 5.69 Å². The Hall–Kier alpha value is -1.14. The smallest absolute Gasteiger partial charge is 0.0992 e. The summed E-state index contributed by atoms with van der Waals surface area (Å²) >= 11 is 2.04. The Labute approximate surface area is 108 Å². The molecule has 17 heavy (non-hydrogen) atoms. The van der Waals surface area contributed by atoms with Crippen molar-refractivity contribution in [1.82, 2.24) is 0 Å². The summed E-state index contributed by atoms with van der Waals surface area (Å²) in [4.78, 5) is 2.39. The van der Waals surface area contributed by atoms with Crippen LogP contribution >= 0.6 is 11.8 Å². The van der Waals surface area contributed by atoms with E-state index in [1.807, 2.05) is 30.0 Å². The average Bonchev–Trinajstić information content (AvgIpc) is 2.50. The van der Waals surface area contributed by atoms with E-state index in [0.29, 0.717) is 4.75 Å². The zero-order valence-corrected chi connectivity index (χ0v) is 11.3. The largest absolute Gasteiger partial charge is 0.371 e. The predicted octanol–water partition coefficient (Wildman–Crippen LogP) is 3.28. The molecule has 90 valence electrons. The van der Waals surface area contributed by atoms with E-state index in [1.54, 1.807) is 0 Å². The summed E-state index contributed by atoms with van der Waals surface area (Å²) in [6.45, 7) is 6.78. The van der Waals surface area contributed by atoms with Gasteiger partial charge in [-0.15, -0.1) is 0 Å². The van der Waals surface area contributed by atoms with E-state index in [4.69, 9.17) is 5.26 Å². The fourth-order valence-corrected chi connectivity index (χ4v) is 3.15. The maximum Gasteiger partial charge on any atom is 0.0992 e. The summed E-state index contributed by atoms with van der Waals surface area (Å²) in [7, 11) is 0. The molecule has 0 N–H and O–H groups in total. The van der Waals surface area contributed by atoms with E-state index in [1.165, 1.54) is 12.1 Å². The lowest BCUT2D eigenvalue weighted by Gasteiger charge is -2.24. The highest BCUT2D eigenvalue weighted by Gasteiger charge is 2.23. The number of nitriles is 1. The van der Waals surface area contributed by atoms with Crippen molar-refractivity contribution < 1.29 is 0 Å². The minimum Gasteiger partial charge on any atom is -0.371 e. The fraction of sp³-hybridized carbons (Fsp3) is 0.500. The van der Waals surface area contributed by atoms with Crippen LogP contribution in [0.2, 0.25) is 0 Å². The van der Waals surface area contributed by atoms with Crippen molar-refractivity contribution in [1.29, 1.82) is 5.26 Å². The maximum absolute atomic E-state index is 8.93. The molecule has 2 nitrogen and oxygen atoms in total. The van der Waals surface area contributed by atoms with Crippen LogP contribution in [-0.2, 0) is 0 Å². The summed E-state index contributed by atoms with van der Waals surface area (Å²) in [6, 6.07) is 10.1. The van der Waals surface area contributed by atoms with Crippen molar-refractivity contribution in [3.63, 3.8) is 0 Å². The van der Waals surface area contributed by atoms with Crippen molar-refractivity contribution in [3.05, 3.63) is 29.8 Å². The van der Waals surface area contributed by atoms with E-state index in [9.17, 15) is 0 Å². The van der Waals surface area contributed by atoms with Gasteiger partial charge in [-0.2, -0.15) is 17.0 Å². The molecule has 0 aliphatic carbocycles. The molecule has 0 spiro atoms. The molecular weight excluding hydrogens is 228 g/mol. The Bertz CT molecular complexity index is 434. The lowest BCUT2D eigenvalue weighted by atomic mass is 10.1. The Kier molecular flexibility index (Phi) is 3.63. The number of thioether (sulfide) groups is 1. The second kappa shape index (κ2) is 5.01. The molecule has 0 bridgehead atoms. The summed E-state index contributed by atoms with van der Waals surface area (Å²) in [6.07, 6.45) is 1.19. The molecule has 1 aliphatic heterocycles. The highest BCUT2D eigenvalue weighted by molar-refractivity contribution is 8.00. The second-order valence-electron chi connectivity index (χ2n) is 5.01. The molecule has 1 aromatic rings. The molecule has 1 saturated heterocycles. The van der Waals surface area contributed by atoms with Crippen molar-refractivity contribution in [3.8, 4) is 6.07 Å². The van der Waals surface area contributed by atoms with Gasteiger partial charge in [0.15, 0.2) is 0 Å². The molecule has 0 saturated carbocycles. The summed E-state index contributed by atoms with van der Waals surface area (Å²) in [5.74, 6) is 1.16. The van der Waals surface area contributed by atoms with Crippen LogP contribution in [-0.4, -0.2) is 23.6 Å². The van der Waals surface area contributed by atoms with Crippen LogP contribution in [0, 0.1) is 11.3 Å². The van der Waals surface area contributed by atoms with Crippen LogP contribution < -0.4 is 4.90 Å². The molecule has 0 amide bonds. The third kappa shape index (κ3) is 3.17. The Morgan fingerprint density at radius 3 is 2.94 bits per heavy atom. The van der Waals surface area contributed by atoms with E-state index in [-0.39, 0.29) is 0 Å². The summed E-state index contributed by atoms with van der Waals surface area (Å²) < 4.78 is 0.377. The zero-order valence-electron chi connectivity index (χ0n) is 10.4. The van der Waals surface area contributed by atoms with Crippen LogP contribution in [0.5, 0.6) is 0 Å². The van der Waals surface area contributed by atoms with Crippen LogP contribution in [0.25, 0.3) is 0 Å². The van der Waals surface area contributed by atoms with Gasteiger partial charge in [-0.1, -0.05) is 19.9 Å². The molecule has 0 radical (unpaired) electrons. The Morgan fingerprint density at radius 1 is 1.35 bits per heavy atom. The predicted molar refractivity (Wildman–Crippen MR) is 74.5 cm³/mol. The molecule has 1 fully saturated rings. The van der Waals surface area contributed by atoms with Gasteiger partial charge in [-0.05, 0) is 24.6 Å². The third-order valence-corrected chi connectivity index (χ3v) is 4.55. The van der Waals surface area contributed by atoms with Gasteiger partial charge >= 0.3 is 0 Å². The maximum atomic E-state index is 8.93. The van der Waals surface area contributed by atoms with Crippen molar-refractivity contribution in [2.24, 2.45) is 0 Å². The van der Waals surface area contributed by atoms with E-state index >= 15 is 0 Å². The quantitative estimate of drug-likeness (QED) is 0.761. The van der Waals surface area contributed by atoms with Gasteiger partial charge in [0.1, 0.15) is 0 Å². The molecule has 1 heterocycles. The molecule has 1 aromatic carbocycles. The molecule has 2 rings (SSSR count). The fourth-order valence-electron chi connectivity index (χ4n) is 2.05. The van der Waals surface area contributed by atoms with E-state index in [0.717, 1.165) is 24.4 Å². The monoisotopic (exact) mass is 246 g/mol. The molecule has 0 aromatic heterocycles. The van der Waals surface area contributed by atoms with Gasteiger partial charge in [0.25, 0.3) is 0 Å². The van der Waals surface area contributed by atoms with Crippen LogP contribution in [0.3, 0.4) is 0 Å². The molecule has 1 aliphatic rings. The topological polar surface area (TPSA) is 27.0 Å². The lowest BCUT2D eigenvalue weighted by Crippen LogP contribution is -2.26. The van der Waals surface area contributed by atoms with Gasteiger partial charge in [0.2, 0.25) is 0 Å². The van der Waals surface area contributed by atoms with Gasteiger partial charge in [0.05, 0.1) is 11.6 Å². The standard InChI is InChI=1S/C14H18N2S/c1-14(2)6-7-16(8-9-17-14)13-5-3-4-12(10-13)11-15/h3-5,10H,6-9H2,1-2H3. The first kappa shape index (κ1) is 12.3. The second-order valence-corrected chi connectivity index (χ2v) is 6.81. The number of rotatable bonds is 1. The molecule has 3 heteroatoms. The number of anilines is 1. The van der Waals surface area contributed by atoms with Gasteiger partial charge in [-0.3, -0.25) is 0 Å². The number of benzene rings is 1. The third-order valence-electron chi connectivity index (χ3n) is 3.18. The van der Waals surface area contributed by atoms with Crippen LogP contribution in [0.15, 0.2) is 24.3 Å². The van der Waals surface area contributed by atoms with E-state index < -0.39 is 0 Å². The van der Waals surface area contributed by atoms with Crippen molar-refractivity contribution >= 4 is 17.4 Å². The minimum atomic E-state index is 0.377. The average molecular weight is 246 g/mol. The lowest BCUT2D eigenvalue weighted by molar-refractivity contribution is 0.638. The zero-order chi connectivity index (χ0) is 12.3. The molecular formula is C14H18N2S. The van der Waals surface area contributed by atoms with Crippen molar-refractivity contribution in [2.75, 3.05) is 23.7 Å². The number of nitrogens with zero attached hydrogens (tertiary/aromatic N) is 2. The molecule has 0 atom stereocenters. The SMILES string of the molecule is CC1(C)CCN(c2cccc(C#N)c2)CCS1. The van der Waals surface area contributed by atoms with Crippen LogP contribution in [0.1, 0.15) is 25.8 Å². The van der Waals surface area contributed by atoms with Crippen molar-refractivity contribution in [2.45, 2.75) is 25.0 Å². The summed E-state index contributed by atoms with van der Waals surface area (Å²) in [5, 5.41) is 8.93. The minimum absolute atomic E-state index is 0.377. The van der Waals surface area contributed by atoms with Gasteiger partial charge in [-0.25, -0.2) is 0 Å². The molecule has 0 unspecified atom stereocenters. The van der Waals surface area contributed by atoms with E-state index in [2.05, 4.69) is 30.9 Å².